The largest absolute Gasteiger partial charge is 0.444 e. The fourth-order valence-electron chi connectivity index (χ4n) is 2.08. The molecule has 2 aromatic carbocycles. The Morgan fingerprint density at radius 1 is 1.00 bits per heavy atom. The first-order valence-electron chi connectivity index (χ1n) is 6.11. The van der Waals surface area contributed by atoms with Gasteiger partial charge in [-0.1, -0.05) is 41.4 Å². The molecule has 0 spiro atoms. The van der Waals surface area contributed by atoms with Crippen LogP contribution in [0.3, 0.4) is 0 Å². The average Bonchev–Trinajstić information content (AvgIpc) is 2.80. The van der Waals surface area contributed by atoms with Gasteiger partial charge in [0.1, 0.15) is 5.58 Å². The van der Waals surface area contributed by atoms with Crippen LogP contribution in [0.25, 0.3) is 11.0 Å². The van der Waals surface area contributed by atoms with Crippen LogP contribution >= 0.6 is 50.7 Å². The number of furan rings is 1. The third-order valence-electron chi connectivity index (χ3n) is 3.14. The van der Waals surface area contributed by atoms with Crippen LogP contribution in [0.2, 0.25) is 15.3 Å². The highest BCUT2D eigenvalue weighted by Gasteiger charge is 2.13. The molecule has 0 radical (unpaired) electrons. The minimum atomic E-state index is 0.378. The van der Waals surface area contributed by atoms with Crippen molar-refractivity contribution in [2.45, 2.75) is 6.54 Å². The summed E-state index contributed by atoms with van der Waals surface area (Å²) in [6.07, 6.45) is 0. The molecule has 0 aliphatic carbocycles. The van der Waals surface area contributed by atoms with Crippen LogP contribution in [0.5, 0.6) is 0 Å². The number of nitrogens with one attached hydrogen (secondary N) is 1. The number of fused-ring (bicyclic) bond motifs is 1. The van der Waals surface area contributed by atoms with Gasteiger partial charge < -0.3 is 9.73 Å². The summed E-state index contributed by atoms with van der Waals surface area (Å²) in [6.45, 7) is 0.494. The van der Waals surface area contributed by atoms with Crippen LogP contribution in [0.4, 0.5) is 5.69 Å². The molecule has 1 heterocycles. The van der Waals surface area contributed by atoms with E-state index in [1.165, 1.54) is 0 Å². The Morgan fingerprint density at radius 3 is 2.57 bits per heavy atom. The van der Waals surface area contributed by atoms with Crippen LogP contribution in [0.1, 0.15) is 5.56 Å². The molecule has 0 saturated heterocycles. The molecular weight excluding hydrogens is 396 g/mol. The zero-order valence-electron chi connectivity index (χ0n) is 10.6. The van der Waals surface area contributed by atoms with Crippen LogP contribution in [0, 0.1) is 0 Å². The van der Waals surface area contributed by atoms with E-state index in [9.17, 15) is 0 Å². The normalized spacial score (nSPS) is 11.0. The summed E-state index contributed by atoms with van der Waals surface area (Å²) in [5.41, 5.74) is 2.40. The predicted molar refractivity (Wildman–Crippen MR) is 92.7 cm³/mol. The number of hydrogen-bond donors (Lipinski definition) is 1. The van der Waals surface area contributed by atoms with Crippen molar-refractivity contribution in [1.29, 1.82) is 0 Å². The van der Waals surface area contributed by atoms with E-state index in [1.807, 2.05) is 36.4 Å². The Morgan fingerprint density at radius 2 is 1.76 bits per heavy atom. The van der Waals surface area contributed by atoms with E-state index in [0.29, 0.717) is 21.8 Å². The average molecular weight is 406 g/mol. The van der Waals surface area contributed by atoms with Gasteiger partial charge in [-0.15, -0.1) is 0 Å². The summed E-state index contributed by atoms with van der Waals surface area (Å²) in [4.78, 5) is 0. The summed E-state index contributed by atoms with van der Waals surface area (Å²) in [7, 11) is 0. The number of anilines is 1. The highest BCUT2D eigenvalue weighted by Crippen LogP contribution is 2.37. The molecule has 0 atom stereocenters. The van der Waals surface area contributed by atoms with E-state index in [1.54, 1.807) is 0 Å². The first kappa shape index (κ1) is 15.0. The lowest BCUT2D eigenvalue weighted by molar-refractivity contribution is 0.613. The van der Waals surface area contributed by atoms with Gasteiger partial charge in [0.05, 0.1) is 15.7 Å². The summed E-state index contributed by atoms with van der Waals surface area (Å²) >= 11 is 21.8. The van der Waals surface area contributed by atoms with Crippen molar-refractivity contribution in [3.63, 3.8) is 0 Å². The van der Waals surface area contributed by atoms with E-state index >= 15 is 0 Å². The van der Waals surface area contributed by atoms with Gasteiger partial charge in [0.25, 0.3) is 0 Å². The minimum absolute atomic E-state index is 0.378. The van der Waals surface area contributed by atoms with Gasteiger partial charge in [-0.2, -0.15) is 0 Å². The maximum absolute atomic E-state index is 6.22. The zero-order valence-corrected chi connectivity index (χ0v) is 14.4. The molecule has 0 saturated carbocycles. The number of rotatable bonds is 3. The van der Waals surface area contributed by atoms with Crippen molar-refractivity contribution < 1.29 is 4.42 Å². The molecule has 3 rings (SSSR count). The maximum atomic E-state index is 6.22. The van der Waals surface area contributed by atoms with E-state index < -0.39 is 0 Å². The van der Waals surface area contributed by atoms with E-state index in [-0.39, 0.29) is 0 Å². The van der Waals surface area contributed by atoms with Crippen molar-refractivity contribution in [2.75, 3.05) is 5.32 Å². The fraction of sp³-hybridized carbons (Fsp3) is 0.0667. The second-order valence-corrected chi connectivity index (χ2v) is 6.38. The summed E-state index contributed by atoms with van der Waals surface area (Å²) in [5, 5.41) is 5.54. The highest BCUT2D eigenvalue weighted by atomic mass is 79.9. The summed E-state index contributed by atoms with van der Waals surface area (Å²) < 4.78 is 6.28. The summed E-state index contributed by atoms with van der Waals surface area (Å²) in [6, 6.07) is 11.4. The van der Waals surface area contributed by atoms with Gasteiger partial charge in [-0.25, -0.2) is 0 Å². The fourth-order valence-corrected chi connectivity index (χ4v) is 3.17. The number of hydrogen-bond acceptors (Lipinski definition) is 2. The third-order valence-corrected chi connectivity index (χ3v) is 5.22. The predicted octanol–water partition coefficient (Wildman–Crippen LogP) is 6.77. The lowest BCUT2D eigenvalue weighted by Crippen LogP contribution is -2.00. The highest BCUT2D eigenvalue weighted by molar-refractivity contribution is 9.10. The molecule has 0 fully saturated rings. The lowest BCUT2D eigenvalue weighted by atomic mass is 10.2. The van der Waals surface area contributed by atoms with Gasteiger partial charge >= 0.3 is 0 Å². The van der Waals surface area contributed by atoms with Crippen molar-refractivity contribution in [3.8, 4) is 0 Å². The topological polar surface area (TPSA) is 25.2 Å². The molecular formula is C15H9BrCl3NO. The first-order valence-corrected chi connectivity index (χ1v) is 8.04. The quantitative estimate of drug-likeness (QED) is 0.487. The molecule has 0 bridgehead atoms. The Labute approximate surface area is 145 Å². The summed E-state index contributed by atoms with van der Waals surface area (Å²) in [5.74, 6) is 0. The standard InChI is InChI=1S/C15H9BrCl3NO/c16-10-5-6-11(14(18)13(10)17)20-7-9-8-3-1-2-4-12(8)21-15(9)19/h1-6,20H,7H2. The smallest absolute Gasteiger partial charge is 0.199 e. The molecule has 108 valence electrons. The number of benzene rings is 2. The molecule has 0 amide bonds. The molecule has 0 aliphatic heterocycles. The Balaban J connectivity index is 1.91. The van der Waals surface area contributed by atoms with E-state index in [0.717, 1.165) is 26.7 Å². The van der Waals surface area contributed by atoms with E-state index in [2.05, 4.69) is 21.2 Å². The Kier molecular flexibility index (Phi) is 4.36. The van der Waals surface area contributed by atoms with Gasteiger partial charge in [0.15, 0.2) is 5.22 Å². The Bertz CT molecular complexity index is 816. The van der Waals surface area contributed by atoms with Gasteiger partial charge in [0.2, 0.25) is 0 Å². The van der Waals surface area contributed by atoms with Crippen LogP contribution in [-0.4, -0.2) is 0 Å². The zero-order chi connectivity index (χ0) is 15.0. The van der Waals surface area contributed by atoms with Crippen molar-refractivity contribution in [3.05, 3.63) is 61.7 Å². The monoisotopic (exact) mass is 403 g/mol. The van der Waals surface area contributed by atoms with Crippen LogP contribution in [0.15, 0.2) is 45.3 Å². The van der Waals surface area contributed by atoms with Gasteiger partial charge in [0, 0.05) is 22.0 Å². The number of para-hydroxylation sites is 1. The molecule has 1 aromatic heterocycles. The van der Waals surface area contributed by atoms with E-state index in [4.69, 9.17) is 39.2 Å². The third kappa shape index (κ3) is 2.88. The van der Waals surface area contributed by atoms with Crippen molar-refractivity contribution >= 4 is 67.4 Å². The Hall–Kier alpha value is -0.870. The van der Waals surface area contributed by atoms with Crippen molar-refractivity contribution in [1.82, 2.24) is 0 Å². The SMILES string of the molecule is Clc1oc2ccccc2c1CNc1ccc(Br)c(Cl)c1Cl. The first-order chi connectivity index (χ1) is 10.1. The molecule has 21 heavy (non-hydrogen) atoms. The number of halogens is 4. The second-order valence-electron chi connectivity index (χ2n) is 4.43. The molecule has 3 aromatic rings. The molecule has 2 nitrogen and oxygen atoms in total. The molecule has 0 aliphatic rings. The molecule has 0 unspecified atom stereocenters. The molecule has 6 heteroatoms. The molecule has 1 N–H and O–H groups in total. The van der Waals surface area contributed by atoms with Gasteiger partial charge in [-0.05, 0) is 45.7 Å². The maximum Gasteiger partial charge on any atom is 0.199 e. The van der Waals surface area contributed by atoms with Crippen LogP contribution in [-0.2, 0) is 6.54 Å². The van der Waals surface area contributed by atoms with Crippen molar-refractivity contribution in [2.24, 2.45) is 0 Å². The van der Waals surface area contributed by atoms with Gasteiger partial charge in [-0.3, -0.25) is 0 Å². The minimum Gasteiger partial charge on any atom is -0.444 e. The van der Waals surface area contributed by atoms with Crippen LogP contribution < -0.4 is 5.32 Å². The second kappa shape index (κ2) is 6.09. The lowest BCUT2D eigenvalue weighted by Gasteiger charge is -2.10.